The monoisotopic (exact) mass is 198 g/mol. The fourth-order valence-corrected chi connectivity index (χ4v) is 1.94. The number of nitrogens with one attached hydrogen (secondary N) is 1. The van der Waals surface area contributed by atoms with Crippen molar-refractivity contribution < 1.29 is 4.79 Å². The normalized spacial score (nSPS) is 22.4. The molecule has 0 radical (unpaired) electrons. The molecule has 14 heavy (non-hydrogen) atoms. The van der Waals surface area contributed by atoms with Crippen LogP contribution in [0.1, 0.15) is 33.1 Å². The number of piperidine rings is 1. The predicted molar refractivity (Wildman–Crippen MR) is 58.1 cm³/mol. The first kappa shape index (κ1) is 11.5. The maximum atomic E-state index is 11.6. The number of amides is 1. The third-order valence-corrected chi connectivity index (χ3v) is 2.78. The van der Waals surface area contributed by atoms with Gasteiger partial charge in [-0.05, 0) is 19.4 Å². The van der Waals surface area contributed by atoms with Gasteiger partial charge in [0.1, 0.15) is 0 Å². The summed E-state index contributed by atoms with van der Waals surface area (Å²) in [6.45, 7) is 5.87. The topological polar surface area (TPSA) is 32.3 Å². The van der Waals surface area contributed by atoms with Gasteiger partial charge in [-0.1, -0.05) is 20.3 Å². The Balaban J connectivity index is 2.31. The Morgan fingerprint density at radius 2 is 2.21 bits per heavy atom. The van der Waals surface area contributed by atoms with Crippen LogP contribution in [0.4, 0.5) is 0 Å². The molecule has 0 spiro atoms. The van der Waals surface area contributed by atoms with Crippen LogP contribution < -0.4 is 5.32 Å². The molecule has 1 aliphatic heterocycles. The molecule has 0 bridgehead atoms. The minimum atomic E-state index is 0.114. The second kappa shape index (κ2) is 5.35. The predicted octanol–water partition coefficient (Wildman–Crippen LogP) is 1.24. The molecule has 1 saturated heterocycles. The standard InChI is InChI=1S/C11H22N2O/c1-9(2)11(14)13(3)8-10-6-4-5-7-12-10/h9-10,12H,4-8H2,1-3H3. The van der Waals surface area contributed by atoms with Gasteiger partial charge in [0, 0.05) is 25.6 Å². The third kappa shape index (κ3) is 3.29. The molecule has 0 aliphatic carbocycles. The quantitative estimate of drug-likeness (QED) is 0.740. The number of hydrogen-bond acceptors (Lipinski definition) is 2. The van der Waals surface area contributed by atoms with E-state index in [1.54, 1.807) is 0 Å². The average molecular weight is 198 g/mol. The van der Waals surface area contributed by atoms with Gasteiger partial charge in [-0.15, -0.1) is 0 Å². The molecule has 1 N–H and O–H groups in total. The van der Waals surface area contributed by atoms with Crippen LogP contribution >= 0.6 is 0 Å². The molecule has 1 amide bonds. The van der Waals surface area contributed by atoms with Crippen LogP contribution in [-0.4, -0.2) is 37.0 Å². The highest BCUT2D eigenvalue weighted by molar-refractivity contribution is 5.77. The van der Waals surface area contributed by atoms with Crippen molar-refractivity contribution in [1.82, 2.24) is 10.2 Å². The summed E-state index contributed by atoms with van der Waals surface area (Å²) < 4.78 is 0. The number of likely N-dealkylation sites (N-methyl/N-ethyl adjacent to an activating group) is 1. The Hall–Kier alpha value is -0.570. The number of hydrogen-bond donors (Lipinski definition) is 1. The fourth-order valence-electron chi connectivity index (χ4n) is 1.94. The van der Waals surface area contributed by atoms with Crippen molar-refractivity contribution in [1.29, 1.82) is 0 Å². The van der Waals surface area contributed by atoms with Crippen LogP contribution in [0.25, 0.3) is 0 Å². The van der Waals surface area contributed by atoms with Crippen molar-refractivity contribution in [2.75, 3.05) is 20.1 Å². The lowest BCUT2D eigenvalue weighted by atomic mass is 10.0. The van der Waals surface area contributed by atoms with E-state index >= 15 is 0 Å². The van der Waals surface area contributed by atoms with E-state index in [4.69, 9.17) is 0 Å². The average Bonchev–Trinajstić information content (AvgIpc) is 2.18. The molecule has 0 aromatic carbocycles. The molecule has 0 aromatic heterocycles. The molecule has 0 saturated carbocycles. The van der Waals surface area contributed by atoms with Gasteiger partial charge in [0.25, 0.3) is 0 Å². The van der Waals surface area contributed by atoms with Crippen LogP contribution in [0.2, 0.25) is 0 Å². The molecule has 82 valence electrons. The largest absolute Gasteiger partial charge is 0.344 e. The molecule has 1 rings (SSSR count). The van der Waals surface area contributed by atoms with E-state index < -0.39 is 0 Å². The van der Waals surface area contributed by atoms with Crippen LogP contribution in [0.5, 0.6) is 0 Å². The second-order valence-electron chi connectivity index (χ2n) is 4.52. The maximum absolute atomic E-state index is 11.6. The summed E-state index contributed by atoms with van der Waals surface area (Å²) in [4.78, 5) is 13.5. The minimum Gasteiger partial charge on any atom is -0.344 e. The van der Waals surface area contributed by atoms with Gasteiger partial charge >= 0.3 is 0 Å². The first-order valence-corrected chi connectivity index (χ1v) is 5.59. The lowest BCUT2D eigenvalue weighted by molar-refractivity contribution is -0.133. The van der Waals surface area contributed by atoms with Gasteiger partial charge in [0.15, 0.2) is 0 Å². The molecular formula is C11H22N2O. The Bertz CT molecular complexity index is 186. The van der Waals surface area contributed by atoms with Crippen molar-refractivity contribution >= 4 is 5.91 Å². The summed E-state index contributed by atoms with van der Waals surface area (Å²) in [7, 11) is 1.90. The molecule has 1 aliphatic rings. The van der Waals surface area contributed by atoms with E-state index in [-0.39, 0.29) is 11.8 Å². The zero-order valence-corrected chi connectivity index (χ0v) is 9.55. The smallest absolute Gasteiger partial charge is 0.224 e. The van der Waals surface area contributed by atoms with Gasteiger partial charge in [0.05, 0.1) is 0 Å². The van der Waals surface area contributed by atoms with Crippen molar-refractivity contribution in [3.05, 3.63) is 0 Å². The highest BCUT2D eigenvalue weighted by Crippen LogP contribution is 2.09. The summed E-state index contributed by atoms with van der Waals surface area (Å²) in [6.07, 6.45) is 3.77. The highest BCUT2D eigenvalue weighted by atomic mass is 16.2. The second-order valence-corrected chi connectivity index (χ2v) is 4.52. The highest BCUT2D eigenvalue weighted by Gasteiger charge is 2.18. The van der Waals surface area contributed by atoms with Crippen LogP contribution in [0.15, 0.2) is 0 Å². The Morgan fingerprint density at radius 1 is 1.50 bits per heavy atom. The van der Waals surface area contributed by atoms with E-state index in [2.05, 4.69) is 5.32 Å². The number of nitrogens with zero attached hydrogens (tertiary/aromatic N) is 1. The molecule has 0 aromatic rings. The van der Waals surface area contributed by atoms with Gasteiger partial charge in [-0.2, -0.15) is 0 Å². The first-order chi connectivity index (χ1) is 6.61. The van der Waals surface area contributed by atoms with Crippen molar-refractivity contribution in [3.8, 4) is 0 Å². The van der Waals surface area contributed by atoms with Gasteiger partial charge < -0.3 is 10.2 Å². The molecule has 1 fully saturated rings. The van der Waals surface area contributed by atoms with Gasteiger partial charge in [-0.3, -0.25) is 4.79 Å². The Kier molecular flexibility index (Phi) is 4.39. The van der Waals surface area contributed by atoms with Gasteiger partial charge in [-0.25, -0.2) is 0 Å². The van der Waals surface area contributed by atoms with Crippen molar-refractivity contribution in [2.45, 2.75) is 39.2 Å². The maximum Gasteiger partial charge on any atom is 0.224 e. The first-order valence-electron chi connectivity index (χ1n) is 5.59. The number of carbonyl (C=O) groups excluding carboxylic acids is 1. The summed E-state index contributed by atoms with van der Waals surface area (Å²) in [5, 5.41) is 3.45. The minimum absolute atomic E-state index is 0.114. The Labute approximate surface area is 86.9 Å². The Morgan fingerprint density at radius 3 is 2.71 bits per heavy atom. The van der Waals surface area contributed by atoms with Crippen LogP contribution in [0.3, 0.4) is 0 Å². The third-order valence-electron chi connectivity index (χ3n) is 2.78. The molecule has 1 heterocycles. The van der Waals surface area contributed by atoms with Crippen molar-refractivity contribution in [3.63, 3.8) is 0 Å². The van der Waals surface area contributed by atoms with E-state index in [1.807, 2.05) is 25.8 Å². The molecular weight excluding hydrogens is 176 g/mol. The molecule has 3 heteroatoms. The summed E-state index contributed by atoms with van der Waals surface area (Å²) in [6, 6.07) is 0.511. The lowest BCUT2D eigenvalue weighted by Gasteiger charge is -2.29. The molecule has 1 atom stereocenters. The summed E-state index contributed by atoms with van der Waals surface area (Å²) >= 11 is 0. The number of carbonyl (C=O) groups is 1. The SMILES string of the molecule is CC(C)C(=O)N(C)CC1CCCCN1. The van der Waals surface area contributed by atoms with E-state index in [9.17, 15) is 4.79 Å². The lowest BCUT2D eigenvalue weighted by Crippen LogP contribution is -2.45. The number of rotatable bonds is 3. The zero-order chi connectivity index (χ0) is 10.6. The van der Waals surface area contributed by atoms with E-state index in [0.29, 0.717) is 6.04 Å². The molecule has 3 nitrogen and oxygen atoms in total. The fraction of sp³-hybridized carbons (Fsp3) is 0.909. The van der Waals surface area contributed by atoms with Crippen LogP contribution in [0, 0.1) is 5.92 Å². The summed E-state index contributed by atoms with van der Waals surface area (Å²) in [5.74, 6) is 0.362. The summed E-state index contributed by atoms with van der Waals surface area (Å²) in [5.41, 5.74) is 0. The van der Waals surface area contributed by atoms with Gasteiger partial charge in [0.2, 0.25) is 5.91 Å². The zero-order valence-electron chi connectivity index (χ0n) is 9.55. The molecule has 1 unspecified atom stereocenters. The van der Waals surface area contributed by atoms with E-state index in [0.717, 1.165) is 13.1 Å². The van der Waals surface area contributed by atoms with Crippen molar-refractivity contribution in [2.24, 2.45) is 5.92 Å². The van der Waals surface area contributed by atoms with E-state index in [1.165, 1.54) is 19.3 Å². The van der Waals surface area contributed by atoms with Crippen LogP contribution in [-0.2, 0) is 4.79 Å².